The van der Waals surface area contributed by atoms with Gasteiger partial charge in [0.1, 0.15) is 12.4 Å². The van der Waals surface area contributed by atoms with Crippen LogP contribution in [0.2, 0.25) is 0 Å². The van der Waals surface area contributed by atoms with Crippen LogP contribution < -0.4 is 4.74 Å². The highest BCUT2D eigenvalue weighted by Crippen LogP contribution is 2.36. The number of nitrogens with zero attached hydrogens (tertiary/aromatic N) is 2. The Hall–Kier alpha value is -2.91. The summed E-state index contributed by atoms with van der Waals surface area (Å²) in [6.07, 6.45) is -22.6. The Morgan fingerprint density at radius 3 is 1.92 bits per heavy atom. The van der Waals surface area contributed by atoms with E-state index in [2.05, 4.69) is 4.74 Å². The molecule has 0 saturated carbocycles. The van der Waals surface area contributed by atoms with Gasteiger partial charge in [0.25, 0.3) is 6.10 Å². The summed E-state index contributed by atoms with van der Waals surface area (Å²) >= 11 is 0. The number of carboxylic acids is 1. The van der Waals surface area contributed by atoms with E-state index in [1.807, 2.05) is 0 Å². The fraction of sp³-hybridized carbons (Fsp3) is 0.619. The molecular weight excluding hydrogens is 531 g/mol. The van der Waals surface area contributed by atoms with Crippen molar-refractivity contribution in [1.82, 2.24) is 9.80 Å². The zero-order valence-electron chi connectivity index (χ0n) is 19.4. The van der Waals surface area contributed by atoms with E-state index >= 15 is 0 Å². The van der Waals surface area contributed by atoms with Crippen molar-refractivity contribution in [2.75, 3.05) is 32.8 Å². The van der Waals surface area contributed by atoms with Gasteiger partial charge in [-0.25, -0.2) is 4.79 Å². The van der Waals surface area contributed by atoms with Crippen molar-refractivity contribution in [3.63, 3.8) is 0 Å². The van der Waals surface area contributed by atoms with Crippen molar-refractivity contribution in [3.8, 4) is 5.75 Å². The van der Waals surface area contributed by atoms with Gasteiger partial charge in [-0.05, 0) is 37.6 Å². The second-order valence-corrected chi connectivity index (χ2v) is 8.95. The van der Waals surface area contributed by atoms with Crippen LogP contribution in [0, 0.1) is 5.41 Å². The molecule has 0 bridgehead atoms. The van der Waals surface area contributed by atoms with Crippen LogP contribution in [0.15, 0.2) is 18.2 Å². The van der Waals surface area contributed by atoms with Gasteiger partial charge < -0.3 is 19.5 Å². The van der Waals surface area contributed by atoms with Crippen molar-refractivity contribution >= 4 is 12.1 Å². The number of amides is 1. The molecule has 37 heavy (non-hydrogen) atoms. The van der Waals surface area contributed by atoms with Crippen molar-refractivity contribution < 1.29 is 63.7 Å². The first kappa shape index (κ1) is 30.3. The largest absolute Gasteiger partial charge is 0.492 e. The number of hydrogen-bond acceptors (Lipinski definition) is 5. The van der Waals surface area contributed by atoms with Gasteiger partial charge in [-0.15, -0.1) is 0 Å². The van der Waals surface area contributed by atoms with Gasteiger partial charge in [0.2, 0.25) is 0 Å². The van der Waals surface area contributed by atoms with Crippen molar-refractivity contribution in [1.29, 1.82) is 0 Å². The second kappa shape index (κ2) is 10.8. The van der Waals surface area contributed by atoms with Crippen LogP contribution in [-0.4, -0.2) is 78.2 Å². The minimum Gasteiger partial charge on any atom is -0.492 e. The Bertz CT molecular complexity index is 955. The number of carboxylic acid groups (broad SMARTS) is 1. The van der Waals surface area contributed by atoms with E-state index in [1.165, 1.54) is 24.8 Å². The predicted octanol–water partition coefficient (Wildman–Crippen LogP) is 4.94. The number of hydrogen-bond donors (Lipinski definition) is 1. The SMILES string of the molecule is CC(C)(COc1cc(CN2CCN(C(=O)OC(C(F)(F)F)C(F)(F)F)CC2)cc(C(F)(F)F)c1)C(=O)O. The molecule has 210 valence electrons. The van der Waals surface area contributed by atoms with Gasteiger partial charge in [-0.2, -0.15) is 39.5 Å². The van der Waals surface area contributed by atoms with E-state index < -0.39 is 54.3 Å². The first-order valence-corrected chi connectivity index (χ1v) is 10.6. The zero-order valence-corrected chi connectivity index (χ0v) is 19.4. The summed E-state index contributed by atoms with van der Waals surface area (Å²) in [6.45, 7) is 1.24. The predicted molar refractivity (Wildman–Crippen MR) is 108 cm³/mol. The number of carbonyl (C=O) groups is 2. The number of ether oxygens (including phenoxy) is 2. The van der Waals surface area contributed by atoms with Crippen LogP contribution in [0.3, 0.4) is 0 Å². The van der Waals surface area contributed by atoms with Gasteiger partial charge >= 0.3 is 30.6 Å². The van der Waals surface area contributed by atoms with E-state index in [-0.39, 0.29) is 44.0 Å². The van der Waals surface area contributed by atoms with E-state index in [0.717, 1.165) is 6.07 Å². The molecule has 0 radical (unpaired) electrons. The van der Waals surface area contributed by atoms with Crippen LogP contribution in [-0.2, 0) is 22.3 Å². The average Bonchev–Trinajstić information content (AvgIpc) is 2.74. The van der Waals surface area contributed by atoms with Gasteiger partial charge in [0.15, 0.2) is 0 Å². The highest BCUT2D eigenvalue weighted by Gasteiger charge is 2.60. The maximum Gasteiger partial charge on any atom is 0.434 e. The summed E-state index contributed by atoms with van der Waals surface area (Å²) in [5.74, 6) is -1.47. The van der Waals surface area contributed by atoms with E-state index in [0.29, 0.717) is 11.0 Å². The molecule has 0 spiro atoms. The van der Waals surface area contributed by atoms with Crippen LogP contribution in [0.25, 0.3) is 0 Å². The number of piperazine rings is 1. The Kier molecular flexibility index (Phi) is 8.87. The van der Waals surface area contributed by atoms with Crippen molar-refractivity contribution in [2.24, 2.45) is 5.41 Å². The molecule has 0 aromatic heterocycles. The second-order valence-electron chi connectivity index (χ2n) is 8.95. The fourth-order valence-corrected chi connectivity index (χ4v) is 3.17. The quantitative estimate of drug-likeness (QED) is 0.481. The molecule has 0 unspecified atom stereocenters. The van der Waals surface area contributed by atoms with E-state index in [9.17, 15) is 49.1 Å². The van der Waals surface area contributed by atoms with Crippen molar-refractivity contribution in [3.05, 3.63) is 29.3 Å². The van der Waals surface area contributed by atoms with Gasteiger partial charge in [0, 0.05) is 32.7 Å². The summed E-state index contributed by atoms with van der Waals surface area (Å²) in [4.78, 5) is 25.2. The summed E-state index contributed by atoms with van der Waals surface area (Å²) in [7, 11) is 0. The molecule has 7 nitrogen and oxygen atoms in total. The van der Waals surface area contributed by atoms with Crippen molar-refractivity contribution in [2.45, 2.75) is 45.0 Å². The van der Waals surface area contributed by atoms with E-state index in [1.54, 1.807) is 0 Å². The average molecular weight is 554 g/mol. The number of alkyl halides is 9. The molecule has 2 rings (SSSR count). The summed E-state index contributed by atoms with van der Waals surface area (Å²) in [6, 6.07) is 2.78. The van der Waals surface area contributed by atoms with Gasteiger partial charge in [-0.3, -0.25) is 9.69 Å². The molecule has 1 N–H and O–H groups in total. The van der Waals surface area contributed by atoms with E-state index in [4.69, 9.17) is 9.84 Å². The van der Waals surface area contributed by atoms with Crippen LogP contribution >= 0.6 is 0 Å². The maximum absolute atomic E-state index is 13.4. The first-order chi connectivity index (χ1) is 16.7. The third kappa shape index (κ3) is 8.57. The number of aliphatic carboxylic acids is 1. The smallest absolute Gasteiger partial charge is 0.434 e. The summed E-state index contributed by atoms with van der Waals surface area (Å²) < 4.78 is 125. The third-order valence-corrected chi connectivity index (χ3v) is 5.32. The molecule has 1 aliphatic rings. The molecule has 1 aliphatic heterocycles. The lowest BCUT2D eigenvalue weighted by molar-refractivity contribution is -0.308. The number of halogens is 9. The fourth-order valence-electron chi connectivity index (χ4n) is 3.17. The number of rotatable bonds is 7. The molecule has 1 fully saturated rings. The molecule has 1 amide bonds. The Labute approximate surface area is 204 Å². The molecule has 1 heterocycles. The summed E-state index contributed by atoms with van der Waals surface area (Å²) in [5, 5.41) is 9.15. The molecule has 16 heteroatoms. The highest BCUT2D eigenvalue weighted by molar-refractivity contribution is 5.73. The monoisotopic (exact) mass is 554 g/mol. The molecule has 1 aromatic rings. The number of carbonyl (C=O) groups excluding carboxylic acids is 1. The lowest BCUT2D eigenvalue weighted by Gasteiger charge is -2.35. The lowest BCUT2D eigenvalue weighted by atomic mass is 9.95. The minimum absolute atomic E-state index is 0.0870. The lowest BCUT2D eigenvalue weighted by Crippen LogP contribution is -2.52. The van der Waals surface area contributed by atoms with Crippen LogP contribution in [0.5, 0.6) is 5.75 Å². The minimum atomic E-state index is -5.86. The Balaban J connectivity index is 2.07. The number of benzene rings is 1. The molecular formula is C21H23F9N2O5. The molecule has 1 saturated heterocycles. The van der Waals surface area contributed by atoms with Gasteiger partial charge in [0.05, 0.1) is 11.0 Å². The van der Waals surface area contributed by atoms with Crippen LogP contribution in [0.1, 0.15) is 25.0 Å². The highest BCUT2D eigenvalue weighted by atomic mass is 19.4. The topological polar surface area (TPSA) is 79.3 Å². The first-order valence-electron chi connectivity index (χ1n) is 10.6. The standard InChI is InChI=1S/C21H23F9N2O5/c1-18(2,16(33)34)11-36-14-8-12(7-13(9-14)19(22,23)24)10-31-3-5-32(6-4-31)17(35)37-15(20(25,26)27)21(28,29)30/h7-9,15H,3-6,10-11H2,1-2H3,(H,33,34). The Morgan fingerprint density at radius 2 is 1.46 bits per heavy atom. The third-order valence-electron chi connectivity index (χ3n) is 5.32. The molecule has 0 aliphatic carbocycles. The van der Waals surface area contributed by atoms with Gasteiger partial charge in [-0.1, -0.05) is 0 Å². The summed E-state index contributed by atoms with van der Waals surface area (Å²) in [5.41, 5.74) is -2.36. The van der Waals surface area contributed by atoms with Crippen LogP contribution in [0.4, 0.5) is 44.3 Å². The maximum atomic E-state index is 13.4. The normalized spacial score (nSPS) is 16.2. The zero-order chi connectivity index (χ0) is 28.4. The molecule has 0 atom stereocenters. The molecule has 1 aromatic carbocycles. The Morgan fingerprint density at radius 1 is 0.919 bits per heavy atom.